The van der Waals surface area contributed by atoms with E-state index in [1.54, 1.807) is 0 Å². The summed E-state index contributed by atoms with van der Waals surface area (Å²) in [4.78, 5) is 4.41. The van der Waals surface area contributed by atoms with Crippen LogP contribution in [0.15, 0.2) is 24.3 Å². The van der Waals surface area contributed by atoms with Gasteiger partial charge in [0.15, 0.2) is 5.15 Å². The van der Waals surface area contributed by atoms with Crippen molar-refractivity contribution in [3.05, 3.63) is 35.1 Å². The van der Waals surface area contributed by atoms with E-state index in [4.69, 9.17) is 11.6 Å². The molecule has 18 heavy (non-hydrogen) atoms. The van der Waals surface area contributed by atoms with Crippen molar-refractivity contribution >= 4 is 33.4 Å². The van der Waals surface area contributed by atoms with Crippen molar-refractivity contribution in [3.63, 3.8) is 0 Å². The third-order valence-electron chi connectivity index (χ3n) is 3.23. The molecule has 2 heterocycles. The van der Waals surface area contributed by atoms with Crippen molar-refractivity contribution in [2.24, 2.45) is 0 Å². The minimum absolute atomic E-state index is 0.488. The third kappa shape index (κ3) is 1.58. The molecule has 0 aliphatic heterocycles. The van der Waals surface area contributed by atoms with Crippen molar-refractivity contribution < 1.29 is 0 Å². The summed E-state index contributed by atoms with van der Waals surface area (Å²) in [5.41, 5.74) is 2.89. The third-order valence-corrected chi connectivity index (χ3v) is 3.49. The van der Waals surface area contributed by atoms with Crippen LogP contribution in [0, 0.1) is 6.92 Å². The highest BCUT2D eigenvalue weighted by Gasteiger charge is 2.14. The van der Waals surface area contributed by atoms with Gasteiger partial charge in [-0.15, -0.1) is 0 Å². The molecule has 1 aromatic carbocycles. The molecular formula is C14H14ClN3. The zero-order valence-electron chi connectivity index (χ0n) is 10.4. The average molecular weight is 260 g/mol. The van der Waals surface area contributed by atoms with Gasteiger partial charge in [0.05, 0.1) is 5.52 Å². The molecule has 0 radical (unpaired) electrons. The lowest BCUT2D eigenvalue weighted by Gasteiger charge is -2.02. The van der Waals surface area contributed by atoms with Gasteiger partial charge in [0.25, 0.3) is 0 Å². The molecule has 0 unspecified atom stereocenters. The Morgan fingerprint density at radius 2 is 2.06 bits per heavy atom. The first kappa shape index (κ1) is 11.5. The summed E-state index contributed by atoms with van der Waals surface area (Å²) < 4.78 is 2.02. The van der Waals surface area contributed by atoms with E-state index in [2.05, 4.69) is 30.0 Å². The second kappa shape index (κ2) is 4.25. The van der Waals surface area contributed by atoms with Crippen LogP contribution in [-0.4, -0.2) is 14.8 Å². The molecule has 0 aliphatic carbocycles. The minimum atomic E-state index is 0.488. The first-order valence-corrected chi connectivity index (χ1v) is 6.51. The van der Waals surface area contributed by atoms with Gasteiger partial charge in [-0.3, -0.25) is 4.68 Å². The first-order valence-electron chi connectivity index (χ1n) is 6.13. The first-order chi connectivity index (χ1) is 8.72. The number of aryl methyl sites for hydroxylation is 2. The normalized spacial score (nSPS) is 11.5. The predicted molar refractivity (Wildman–Crippen MR) is 75.1 cm³/mol. The van der Waals surface area contributed by atoms with Gasteiger partial charge in [-0.1, -0.05) is 36.7 Å². The van der Waals surface area contributed by atoms with E-state index >= 15 is 0 Å². The lowest BCUT2D eigenvalue weighted by Crippen LogP contribution is -2.00. The molecule has 0 saturated heterocycles. The number of hydrogen-bond acceptors (Lipinski definition) is 2. The van der Waals surface area contributed by atoms with Crippen molar-refractivity contribution in [3.8, 4) is 0 Å². The molecule has 2 aromatic heterocycles. The molecule has 3 aromatic rings. The van der Waals surface area contributed by atoms with Gasteiger partial charge < -0.3 is 0 Å². The van der Waals surface area contributed by atoms with Gasteiger partial charge in [-0.05, 0) is 19.4 Å². The summed E-state index contributed by atoms with van der Waals surface area (Å²) >= 11 is 6.23. The van der Waals surface area contributed by atoms with Gasteiger partial charge in [-0.25, -0.2) is 4.98 Å². The Balaban J connectivity index is 2.47. The molecular weight excluding hydrogens is 246 g/mol. The number of fused-ring (bicyclic) bond motifs is 3. The molecule has 0 saturated carbocycles. The Kier molecular flexibility index (Phi) is 2.71. The van der Waals surface area contributed by atoms with Gasteiger partial charge in [0, 0.05) is 23.0 Å². The Labute approximate surface area is 110 Å². The molecule has 0 spiro atoms. The van der Waals surface area contributed by atoms with Crippen LogP contribution in [0.4, 0.5) is 0 Å². The zero-order valence-corrected chi connectivity index (χ0v) is 11.2. The number of para-hydroxylation sites is 1. The lowest BCUT2D eigenvalue weighted by atomic mass is 10.1. The summed E-state index contributed by atoms with van der Waals surface area (Å²) in [7, 11) is 0. The molecule has 3 nitrogen and oxygen atoms in total. The number of aromatic nitrogens is 3. The van der Waals surface area contributed by atoms with Gasteiger partial charge in [-0.2, -0.15) is 5.10 Å². The molecule has 4 heteroatoms. The molecule has 0 fully saturated rings. The van der Waals surface area contributed by atoms with Crippen molar-refractivity contribution in [1.82, 2.24) is 14.8 Å². The summed E-state index contributed by atoms with van der Waals surface area (Å²) in [6.45, 7) is 5.14. The Bertz CT molecular complexity index is 731. The van der Waals surface area contributed by atoms with Crippen LogP contribution in [0.1, 0.15) is 19.0 Å². The SMILES string of the molecule is CCCn1nc2c(Cl)nc3ccccc3c2c1C. The van der Waals surface area contributed by atoms with Crippen molar-refractivity contribution in [1.29, 1.82) is 0 Å². The monoisotopic (exact) mass is 259 g/mol. The topological polar surface area (TPSA) is 30.7 Å². The van der Waals surface area contributed by atoms with Gasteiger partial charge >= 0.3 is 0 Å². The summed E-state index contributed by atoms with van der Waals surface area (Å²) in [5, 5.41) is 7.31. The van der Waals surface area contributed by atoms with E-state index in [1.807, 2.05) is 22.9 Å². The molecule has 92 valence electrons. The predicted octanol–water partition coefficient (Wildman–Crippen LogP) is 3.96. The maximum atomic E-state index is 6.23. The molecule has 0 N–H and O–H groups in total. The van der Waals surface area contributed by atoms with Gasteiger partial charge in [0.2, 0.25) is 0 Å². The number of hydrogen-bond donors (Lipinski definition) is 0. The Morgan fingerprint density at radius 3 is 2.83 bits per heavy atom. The molecule has 0 atom stereocenters. The van der Waals surface area contributed by atoms with Crippen LogP contribution in [0.2, 0.25) is 5.15 Å². The van der Waals surface area contributed by atoms with E-state index in [-0.39, 0.29) is 0 Å². The number of benzene rings is 1. The molecule has 0 bridgehead atoms. The van der Waals surface area contributed by atoms with E-state index in [1.165, 1.54) is 0 Å². The fourth-order valence-electron chi connectivity index (χ4n) is 2.38. The Hall–Kier alpha value is -1.61. The average Bonchev–Trinajstić information content (AvgIpc) is 2.69. The lowest BCUT2D eigenvalue weighted by molar-refractivity contribution is 0.593. The highest BCUT2D eigenvalue weighted by Crippen LogP contribution is 2.30. The maximum Gasteiger partial charge on any atom is 0.157 e. The number of nitrogens with zero attached hydrogens (tertiary/aromatic N) is 3. The largest absolute Gasteiger partial charge is 0.269 e. The number of rotatable bonds is 2. The van der Waals surface area contributed by atoms with Crippen LogP contribution in [0.5, 0.6) is 0 Å². The maximum absolute atomic E-state index is 6.23. The minimum Gasteiger partial charge on any atom is -0.269 e. The second-order valence-electron chi connectivity index (χ2n) is 4.45. The second-order valence-corrected chi connectivity index (χ2v) is 4.81. The number of pyridine rings is 1. The van der Waals surface area contributed by atoms with E-state index < -0.39 is 0 Å². The van der Waals surface area contributed by atoms with Crippen molar-refractivity contribution in [2.75, 3.05) is 0 Å². The van der Waals surface area contributed by atoms with E-state index in [0.717, 1.165) is 40.5 Å². The highest BCUT2D eigenvalue weighted by molar-refractivity contribution is 6.35. The van der Waals surface area contributed by atoms with Crippen LogP contribution in [0.3, 0.4) is 0 Å². The smallest absolute Gasteiger partial charge is 0.157 e. The number of halogens is 1. The summed E-state index contributed by atoms with van der Waals surface area (Å²) in [5.74, 6) is 0. The fraction of sp³-hybridized carbons (Fsp3) is 0.286. The van der Waals surface area contributed by atoms with E-state index in [0.29, 0.717) is 5.15 Å². The van der Waals surface area contributed by atoms with Crippen LogP contribution in [0.25, 0.3) is 21.8 Å². The zero-order chi connectivity index (χ0) is 12.7. The summed E-state index contributed by atoms with van der Waals surface area (Å²) in [6.07, 6.45) is 1.05. The fourth-order valence-corrected chi connectivity index (χ4v) is 2.61. The standard InChI is InChI=1S/C14H14ClN3/c1-3-8-18-9(2)12-10-6-4-5-7-11(10)16-14(15)13(12)17-18/h4-7H,3,8H2,1-2H3. The molecule has 0 amide bonds. The van der Waals surface area contributed by atoms with Crippen molar-refractivity contribution in [2.45, 2.75) is 26.8 Å². The van der Waals surface area contributed by atoms with Gasteiger partial charge in [0.1, 0.15) is 5.52 Å². The molecule has 3 rings (SSSR count). The van der Waals surface area contributed by atoms with Crippen LogP contribution >= 0.6 is 11.6 Å². The highest BCUT2D eigenvalue weighted by atomic mass is 35.5. The van der Waals surface area contributed by atoms with Crippen LogP contribution < -0.4 is 0 Å². The summed E-state index contributed by atoms with van der Waals surface area (Å²) in [6, 6.07) is 8.06. The molecule has 0 aliphatic rings. The Morgan fingerprint density at radius 1 is 1.28 bits per heavy atom. The van der Waals surface area contributed by atoms with E-state index in [9.17, 15) is 0 Å². The quantitative estimate of drug-likeness (QED) is 0.652. The van der Waals surface area contributed by atoms with Crippen LogP contribution in [-0.2, 0) is 6.54 Å².